The minimum absolute atomic E-state index is 0.00694. The van der Waals surface area contributed by atoms with Crippen LogP contribution in [-0.2, 0) is 46.5 Å². The monoisotopic (exact) mass is 1480 g/mol. The van der Waals surface area contributed by atoms with Crippen LogP contribution in [0, 0.1) is 52.9 Å². The van der Waals surface area contributed by atoms with Crippen molar-refractivity contribution in [2.24, 2.45) is 7.05 Å². The highest BCUT2D eigenvalue weighted by Crippen LogP contribution is 2.12. The van der Waals surface area contributed by atoms with E-state index in [0.717, 1.165) is 115 Å². The van der Waals surface area contributed by atoms with Crippen LogP contribution in [0.15, 0.2) is 305 Å². The van der Waals surface area contributed by atoms with Crippen molar-refractivity contribution in [3.8, 4) is 11.9 Å². The van der Waals surface area contributed by atoms with Crippen molar-refractivity contribution in [1.29, 1.82) is 5.26 Å². The van der Waals surface area contributed by atoms with E-state index < -0.39 is 0 Å². The number of aryl methyl sites for hydroxylation is 10. The number of nitriles is 1. The summed E-state index contributed by atoms with van der Waals surface area (Å²) in [4.78, 5) is 109. The fourth-order valence-electron chi connectivity index (χ4n) is 9.16. The molecule has 3 N–H and O–H groups in total. The standard InChI is InChI=1S/C13H13NO.C12H11NO.2C10H15NO.C9H13NO.C8H11NO.C7H6N2O.C6H7NO2.2C6H7NO/c1-11-6-5-9-14(13(11)15)10-12-7-3-2-4-8-12;14-12-8-4-5-9-13(12)10-11-6-2-1-3-7-11;1-3-4-8-12-10-9(2)6-5-7-11-10;1-3-4-7-11-8-5-6-9(2)10(11)12;1-2-3-7-10-8-5-4-6-9(10)11;1-3-9-6-4-5-7(2)8(9)10;1-5-2-3-6(4-8)7(10)9-5;8-5-7-4-2-1-3-6(7)9;1-7-5-3-2-4-6(7)8;1-5-3-2-4-7-6(5)8/h2-9H,10H2,1H3;1-9H,10H2;5-7H,3-4,8H2,1-2H3;5-6,8H,3-4,7H2,1-2H3;4-6,8H,2-3,7H2,1H3;4-6H,3H2,1-2H3;2-3H,1H3,(H,9,10);1-4,8H,5H2;2-5H,1H3;2-4H,1H3,(H,7,8). The highest BCUT2D eigenvalue weighted by atomic mass is 16.5. The maximum absolute atomic E-state index is 11.7. The number of nitrogens with one attached hydrogen (secondary N) is 2. The second-order valence-electron chi connectivity index (χ2n) is 24.5. The topological polar surface area (TPSA) is 286 Å². The molecule has 0 fully saturated rings. The molecule has 22 nitrogen and oxygen atoms in total. The lowest BCUT2D eigenvalue weighted by Gasteiger charge is -2.05. The van der Waals surface area contributed by atoms with Crippen molar-refractivity contribution >= 4 is 0 Å². The molecular weight excluding hydrogens is 1380 g/mol. The second kappa shape index (κ2) is 53.2. The van der Waals surface area contributed by atoms with Crippen LogP contribution in [0.3, 0.4) is 0 Å². The van der Waals surface area contributed by atoms with Gasteiger partial charge < -0.3 is 47.2 Å². The molecule has 0 aliphatic heterocycles. The summed E-state index contributed by atoms with van der Waals surface area (Å²) in [6.07, 6.45) is 22.4. The van der Waals surface area contributed by atoms with Crippen molar-refractivity contribution < 1.29 is 9.84 Å². The minimum Gasteiger partial charge on any atom is -0.477 e. The number of ether oxygens (including phenoxy) is 1. The van der Waals surface area contributed by atoms with Crippen molar-refractivity contribution in [1.82, 2.24) is 46.9 Å². The van der Waals surface area contributed by atoms with Gasteiger partial charge in [-0.2, -0.15) is 5.26 Å². The first-order valence-electron chi connectivity index (χ1n) is 36.1. The third-order valence-corrected chi connectivity index (χ3v) is 15.6. The number of hydrogen-bond donors (Lipinski definition) is 3. The Morgan fingerprint density at radius 2 is 0.844 bits per heavy atom. The smallest absolute Gasteiger partial charge is 0.266 e. The third-order valence-electron chi connectivity index (χ3n) is 15.6. The normalized spacial score (nSPS) is 9.72. The SMILES string of the molecule is CCCCOc1ncccc1C.CCCCn1cccc(C)c1=O.CCCCn1ccccc1=O.CCn1cccc(C)c1=O.Cc1ccc(C#N)c(=O)[nH]1.Cc1ccc[nH]c1=O.Cc1cccn(Cc2ccccc2)c1=O.Cn1ccccc1=O.O=c1ccccn1CO.O=c1ccccn1Cc1ccccc1. The number of hydrogen-bond acceptors (Lipinski definition) is 13. The number of pyridine rings is 10. The number of aliphatic hydroxyl groups is 1. The molecule has 0 saturated carbocycles. The van der Waals surface area contributed by atoms with Gasteiger partial charge in [0.05, 0.1) is 19.7 Å². The summed E-state index contributed by atoms with van der Waals surface area (Å²) >= 11 is 0. The molecule has 10 heterocycles. The first-order valence-corrected chi connectivity index (χ1v) is 36.1. The van der Waals surface area contributed by atoms with Gasteiger partial charge in [-0.15, -0.1) is 0 Å². The van der Waals surface area contributed by atoms with E-state index in [0.29, 0.717) is 13.1 Å². The molecule has 2 aromatic carbocycles. The van der Waals surface area contributed by atoms with Crippen LogP contribution in [0.5, 0.6) is 5.88 Å². The van der Waals surface area contributed by atoms with Gasteiger partial charge in [0, 0.05) is 140 Å². The van der Waals surface area contributed by atoms with E-state index in [1.807, 2.05) is 181 Å². The largest absolute Gasteiger partial charge is 0.477 e. The zero-order valence-electron chi connectivity index (χ0n) is 64.6. The van der Waals surface area contributed by atoms with E-state index in [-0.39, 0.29) is 62.3 Å². The Kier molecular flexibility index (Phi) is 44.2. The lowest BCUT2D eigenvalue weighted by molar-refractivity contribution is 0.206. The Bertz CT molecular complexity index is 5130. The molecular formula is C87H105N11O11. The highest BCUT2D eigenvalue weighted by Gasteiger charge is 2.02. The van der Waals surface area contributed by atoms with Crippen molar-refractivity contribution in [3.63, 3.8) is 0 Å². The Hall–Kier alpha value is -12.6. The molecule has 0 radical (unpaired) electrons. The molecule has 12 rings (SSSR count). The number of aromatic amines is 2. The molecule has 109 heavy (non-hydrogen) atoms. The Morgan fingerprint density at radius 1 is 0.413 bits per heavy atom. The molecule has 0 bridgehead atoms. The quantitative estimate of drug-likeness (QED) is 0.0760. The Labute approximate surface area is 637 Å². The molecule has 10 aromatic heterocycles. The summed E-state index contributed by atoms with van der Waals surface area (Å²) < 4.78 is 16.8. The summed E-state index contributed by atoms with van der Waals surface area (Å²) in [5, 5.41) is 16.8. The van der Waals surface area contributed by atoms with Crippen LogP contribution >= 0.6 is 0 Å². The van der Waals surface area contributed by atoms with Gasteiger partial charge >= 0.3 is 0 Å². The lowest BCUT2D eigenvalue weighted by Crippen LogP contribution is -2.21. The summed E-state index contributed by atoms with van der Waals surface area (Å²) in [5.41, 5.74) is 7.50. The summed E-state index contributed by atoms with van der Waals surface area (Å²) in [5.74, 6) is 0.769. The minimum atomic E-state index is -0.317. The molecule has 12 aromatic rings. The third kappa shape index (κ3) is 36.3. The van der Waals surface area contributed by atoms with E-state index >= 15 is 0 Å². The number of aromatic nitrogens is 10. The molecule has 0 aliphatic carbocycles. The maximum Gasteiger partial charge on any atom is 0.266 e. The summed E-state index contributed by atoms with van der Waals surface area (Å²) in [7, 11) is 1.72. The van der Waals surface area contributed by atoms with Crippen molar-refractivity contribution in [2.45, 2.75) is 147 Å². The van der Waals surface area contributed by atoms with Gasteiger partial charge in [0.2, 0.25) is 17.0 Å². The van der Waals surface area contributed by atoms with Crippen molar-refractivity contribution in [2.75, 3.05) is 6.61 Å². The molecule has 0 spiro atoms. The molecule has 0 unspecified atom stereocenters. The number of nitrogens with zero attached hydrogens (tertiary/aromatic N) is 9. The summed E-state index contributed by atoms with van der Waals surface area (Å²) in [6.45, 7) is 23.7. The van der Waals surface area contributed by atoms with Gasteiger partial charge in [-0.1, -0.05) is 155 Å². The van der Waals surface area contributed by atoms with E-state index in [4.69, 9.17) is 15.1 Å². The fourth-order valence-corrected chi connectivity index (χ4v) is 9.16. The van der Waals surface area contributed by atoms with Crippen LogP contribution in [0.25, 0.3) is 0 Å². The van der Waals surface area contributed by atoms with Crippen molar-refractivity contribution in [3.05, 3.63) is 405 Å². The average molecular weight is 1480 g/mol. The predicted molar refractivity (Wildman–Crippen MR) is 437 cm³/mol. The first-order chi connectivity index (χ1) is 52.5. The van der Waals surface area contributed by atoms with Crippen LogP contribution in [-0.4, -0.2) is 58.6 Å². The van der Waals surface area contributed by atoms with Crippen LogP contribution in [0.4, 0.5) is 0 Å². The Balaban J connectivity index is 0.000000316. The Morgan fingerprint density at radius 3 is 1.27 bits per heavy atom. The van der Waals surface area contributed by atoms with E-state index in [9.17, 15) is 43.2 Å². The molecule has 0 saturated heterocycles. The lowest BCUT2D eigenvalue weighted by atomic mass is 10.2. The summed E-state index contributed by atoms with van der Waals surface area (Å²) in [6, 6.07) is 63.9. The van der Waals surface area contributed by atoms with Crippen LogP contribution in [0.2, 0.25) is 0 Å². The maximum atomic E-state index is 11.7. The molecule has 0 amide bonds. The number of aliphatic hydroxyl groups excluding tert-OH is 1. The average Bonchev–Trinajstić information content (AvgIpc) is 0.627. The fraction of sp³-hybridized carbons (Fsp3) is 0.276. The highest BCUT2D eigenvalue weighted by molar-refractivity contribution is 5.26. The zero-order chi connectivity index (χ0) is 80.1. The number of benzene rings is 2. The number of rotatable bonds is 16. The van der Waals surface area contributed by atoms with Crippen LogP contribution < -0.4 is 54.8 Å². The van der Waals surface area contributed by atoms with Crippen LogP contribution in [0.1, 0.15) is 116 Å². The predicted octanol–water partition coefficient (Wildman–Crippen LogP) is 12.9. The molecule has 574 valence electrons. The van der Waals surface area contributed by atoms with Gasteiger partial charge in [-0.05, 0) is 146 Å². The van der Waals surface area contributed by atoms with Gasteiger partial charge in [-0.3, -0.25) is 47.7 Å². The zero-order valence-corrected chi connectivity index (χ0v) is 64.6. The number of unbranched alkanes of at least 4 members (excludes halogenated alkanes) is 3. The van der Waals surface area contributed by atoms with E-state index in [2.05, 4.69) is 35.7 Å². The van der Waals surface area contributed by atoms with Gasteiger partial charge in [-0.25, -0.2) is 4.98 Å². The first kappa shape index (κ1) is 90.6. The van der Waals surface area contributed by atoms with Gasteiger partial charge in [0.1, 0.15) is 18.4 Å². The van der Waals surface area contributed by atoms with E-state index in [1.54, 1.807) is 141 Å². The van der Waals surface area contributed by atoms with Gasteiger partial charge in [0.25, 0.3) is 38.9 Å². The van der Waals surface area contributed by atoms with Gasteiger partial charge in [0.15, 0.2) is 0 Å². The second-order valence-corrected chi connectivity index (χ2v) is 24.5. The molecule has 0 aliphatic rings. The van der Waals surface area contributed by atoms with E-state index in [1.165, 1.54) is 33.5 Å². The molecule has 22 heteroatoms. The number of H-pyrrole nitrogens is 2. The molecule has 0 atom stereocenters.